The Morgan fingerprint density at radius 3 is 2.72 bits per heavy atom. The van der Waals surface area contributed by atoms with Crippen molar-refractivity contribution in [2.24, 2.45) is 0 Å². The number of H-pyrrole nitrogens is 1. The summed E-state index contributed by atoms with van der Waals surface area (Å²) in [6.45, 7) is 3.91. The highest BCUT2D eigenvalue weighted by atomic mass is 32.2. The Balaban J connectivity index is 2.04. The van der Waals surface area contributed by atoms with Crippen LogP contribution in [0.2, 0.25) is 0 Å². The molecule has 0 radical (unpaired) electrons. The maximum absolute atomic E-state index is 11.6. The van der Waals surface area contributed by atoms with Crippen molar-refractivity contribution in [2.75, 3.05) is 5.75 Å². The van der Waals surface area contributed by atoms with E-state index in [2.05, 4.69) is 10.2 Å². The molecule has 2 N–H and O–H groups in total. The number of hydrogen-bond acceptors (Lipinski definition) is 4. The lowest BCUT2D eigenvalue weighted by molar-refractivity contribution is 0.0272. The summed E-state index contributed by atoms with van der Waals surface area (Å²) < 4.78 is 1.64. The van der Waals surface area contributed by atoms with Gasteiger partial charge in [-0.05, 0) is 26.7 Å². The van der Waals surface area contributed by atoms with E-state index in [4.69, 9.17) is 0 Å². The summed E-state index contributed by atoms with van der Waals surface area (Å²) in [5, 5.41) is 17.6. The van der Waals surface area contributed by atoms with Crippen molar-refractivity contribution < 1.29 is 5.11 Å². The molecule has 6 heteroatoms. The first-order chi connectivity index (χ1) is 8.52. The van der Waals surface area contributed by atoms with Crippen molar-refractivity contribution in [3.05, 3.63) is 10.5 Å². The zero-order chi connectivity index (χ0) is 13.2. The molecule has 1 aliphatic rings. The first kappa shape index (κ1) is 13.7. The average Bonchev–Trinajstić information content (AvgIpc) is 2.69. The minimum Gasteiger partial charge on any atom is -0.389 e. The summed E-state index contributed by atoms with van der Waals surface area (Å²) in [5.74, 6) is 0.615. The van der Waals surface area contributed by atoms with Crippen LogP contribution in [0.4, 0.5) is 0 Å². The number of nitrogens with zero attached hydrogens (tertiary/aromatic N) is 2. The van der Waals surface area contributed by atoms with Gasteiger partial charge in [-0.2, -0.15) is 0 Å². The van der Waals surface area contributed by atoms with E-state index in [1.165, 1.54) is 18.2 Å². The molecule has 18 heavy (non-hydrogen) atoms. The molecule has 0 unspecified atom stereocenters. The van der Waals surface area contributed by atoms with Crippen molar-refractivity contribution in [3.8, 4) is 0 Å². The van der Waals surface area contributed by atoms with E-state index in [1.54, 1.807) is 4.57 Å². The molecule has 0 saturated heterocycles. The molecule has 102 valence electrons. The zero-order valence-electron chi connectivity index (χ0n) is 11.0. The average molecular weight is 271 g/mol. The Bertz CT molecular complexity index is 446. The van der Waals surface area contributed by atoms with Crippen molar-refractivity contribution in [1.82, 2.24) is 14.8 Å². The second-order valence-electron chi connectivity index (χ2n) is 5.35. The highest BCUT2D eigenvalue weighted by Crippen LogP contribution is 2.33. The van der Waals surface area contributed by atoms with E-state index in [-0.39, 0.29) is 11.7 Å². The fraction of sp³-hybridized carbons (Fsp3) is 0.833. The Morgan fingerprint density at radius 1 is 1.44 bits per heavy atom. The van der Waals surface area contributed by atoms with Gasteiger partial charge in [0.25, 0.3) is 0 Å². The van der Waals surface area contributed by atoms with Gasteiger partial charge in [-0.25, -0.2) is 9.89 Å². The summed E-state index contributed by atoms with van der Waals surface area (Å²) in [5.41, 5.74) is -0.761. The number of thioether (sulfide) groups is 1. The third kappa shape index (κ3) is 2.98. The van der Waals surface area contributed by atoms with Crippen molar-refractivity contribution in [2.45, 2.75) is 62.8 Å². The number of aliphatic hydroxyl groups is 1. The SMILES string of the molecule is CC(C)n1c(SCC2(O)CCCCC2)n[nH]c1=O. The maximum Gasteiger partial charge on any atom is 0.344 e. The second-order valence-corrected chi connectivity index (χ2v) is 6.29. The standard InChI is InChI=1S/C12H21N3O2S/c1-9(2)15-10(16)13-14-11(15)18-8-12(17)6-4-3-5-7-12/h9,17H,3-8H2,1-2H3,(H,13,16). The molecular weight excluding hydrogens is 250 g/mol. The van der Waals surface area contributed by atoms with Crippen molar-refractivity contribution in [3.63, 3.8) is 0 Å². The summed E-state index contributed by atoms with van der Waals surface area (Å²) >= 11 is 1.47. The van der Waals surface area contributed by atoms with Gasteiger partial charge in [0.1, 0.15) is 0 Å². The minimum absolute atomic E-state index is 0.0831. The summed E-state index contributed by atoms with van der Waals surface area (Å²) in [7, 11) is 0. The molecule has 1 aromatic rings. The van der Waals surface area contributed by atoms with Gasteiger partial charge in [0.2, 0.25) is 0 Å². The normalized spacial score (nSPS) is 19.3. The number of rotatable bonds is 4. The summed E-state index contributed by atoms with van der Waals surface area (Å²) in [4.78, 5) is 11.6. The van der Waals surface area contributed by atoms with Crippen LogP contribution < -0.4 is 5.69 Å². The van der Waals surface area contributed by atoms with Gasteiger partial charge < -0.3 is 5.11 Å². The van der Waals surface area contributed by atoms with Crippen LogP contribution in [0.15, 0.2) is 9.95 Å². The number of aromatic nitrogens is 3. The van der Waals surface area contributed by atoms with Crippen molar-refractivity contribution >= 4 is 11.8 Å². The smallest absolute Gasteiger partial charge is 0.344 e. The maximum atomic E-state index is 11.6. The van der Waals surface area contributed by atoms with Gasteiger partial charge in [-0.1, -0.05) is 31.0 Å². The lowest BCUT2D eigenvalue weighted by Gasteiger charge is -2.31. The quantitative estimate of drug-likeness (QED) is 0.821. The number of hydrogen-bond donors (Lipinski definition) is 2. The van der Waals surface area contributed by atoms with E-state index in [0.717, 1.165) is 25.7 Å². The molecule has 5 nitrogen and oxygen atoms in total. The van der Waals surface area contributed by atoms with Crippen LogP contribution in [0.1, 0.15) is 52.0 Å². The Labute approximate surface area is 111 Å². The van der Waals surface area contributed by atoms with E-state index in [0.29, 0.717) is 10.9 Å². The van der Waals surface area contributed by atoms with Crippen LogP contribution in [-0.2, 0) is 0 Å². The third-order valence-electron chi connectivity index (χ3n) is 3.44. The molecule has 0 amide bonds. The van der Waals surface area contributed by atoms with Gasteiger partial charge in [0.05, 0.1) is 5.60 Å². The molecule has 1 heterocycles. The molecule has 1 aromatic heterocycles. The molecule has 1 aliphatic carbocycles. The zero-order valence-corrected chi connectivity index (χ0v) is 11.8. The second kappa shape index (κ2) is 5.48. The van der Waals surface area contributed by atoms with Gasteiger partial charge in [-0.15, -0.1) is 5.10 Å². The van der Waals surface area contributed by atoms with Crippen LogP contribution in [0.25, 0.3) is 0 Å². The predicted molar refractivity (Wildman–Crippen MR) is 72.0 cm³/mol. The fourth-order valence-corrected chi connectivity index (χ4v) is 3.63. The molecule has 0 aromatic carbocycles. The largest absolute Gasteiger partial charge is 0.389 e. The van der Waals surface area contributed by atoms with Crippen LogP contribution in [-0.4, -0.2) is 31.2 Å². The highest BCUT2D eigenvalue weighted by molar-refractivity contribution is 7.99. The van der Waals surface area contributed by atoms with Crippen LogP contribution in [0.3, 0.4) is 0 Å². The van der Waals surface area contributed by atoms with Crippen LogP contribution in [0, 0.1) is 0 Å². The lowest BCUT2D eigenvalue weighted by Crippen LogP contribution is -2.34. The number of nitrogens with one attached hydrogen (secondary N) is 1. The fourth-order valence-electron chi connectivity index (χ4n) is 2.40. The van der Waals surface area contributed by atoms with Gasteiger partial charge in [0, 0.05) is 11.8 Å². The summed E-state index contributed by atoms with van der Waals surface area (Å²) in [6, 6.07) is 0.0831. The molecule has 0 aliphatic heterocycles. The van der Waals surface area contributed by atoms with Crippen LogP contribution in [0.5, 0.6) is 0 Å². The van der Waals surface area contributed by atoms with E-state index >= 15 is 0 Å². The lowest BCUT2D eigenvalue weighted by atomic mass is 9.86. The monoisotopic (exact) mass is 271 g/mol. The highest BCUT2D eigenvalue weighted by Gasteiger charge is 2.30. The van der Waals surface area contributed by atoms with Crippen LogP contribution >= 0.6 is 11.8 Å². The molecule has 2 rings (SSSR count). The molecule has 0 spiro atoms. The van der Waals surface area contributed by atoms with E-state index < -0.39 is 5.60 Å². The predicted octanol–water partition coefficient (Wildman–Crippen LogP) is 1.94. The van der Waals surface area contributed by atoms with Gasteiger partial charge in [0.15, 0.2) is 5.16 Å². The van der Waals surface area contributed by atoms with Gasteiger partial charge in [-0.3, -0.25) is 4.57 Å². The topological polar surface area (TPSA) is 70.9 Å². The van der Waals surface area contributed by atoms with E-state index in [1.807, 2.05) is 13.8 Å². The Morgan fingerprint density at radius 2 is 2.11 bits per heavy atom. The molecular formula is C12H21N3O2S. The third-order valence-corrected chi connectivity index (χ3v) is 4.67. The van der Waals surface area contributed by atoms with Crippen molar-refractivity contribution in [1.29, 1.82) is 0 Å². The molecule has 0 atom stereocenters. The van der Waals surface area contributed by atoms with Gasteiger partial charge >= 0.3 is 5.69 Å². The first-order valence-corrected chi connectivity index (χ1v) is 7.52. The molecule has 0 bridgehead atoms. The minimum atomic E-state index is -0.584. The Hall–Kier alpha value is -0.750. The first-order valence-electron chi connectivity index (χ1n) is 6.54. The molecule has 1 saturated carbocycles. The molecule has 1 fully saturated rings. The number of aromatic amines is 1. The Kier molecular flexibility index (Phi) is 4.17. The summed E-state index contributed by atoms with van der Waals surface area (Å²) in [6.07, 6.45) is 5.11. The van der Waals surface area contributed by atoms with E-state index in [9.17, 15) is 9.90 Å².